The van der Waals surface area contributed by atoms with Crippen LogP contribution in [-0.2, 0) is 26.3 Å². The molecule has 0 spiro atoms. The van der Waals surface area contributed by atoms with Gasteiger partial charge in [0.15, 0.2) is 11.4 Å². The van der Waals surface area contributed by atoms with Crippen molar-refractivity contribution in [2.45, 2.75) is 103 Å². The average molecular weight is 927 g/mol. The van der Waals surface area contributed by atoms with Gasteiger partial charge >= 0.3 is 11.9 Å². The predicted molar refractivity (Wildman–Crippen MR) is 268 cm³/mol. The number of carbonyl (C=O) groups is 3. The van der Waals surface area contributed by atoms with Gasteiger partial charge in [-0.05, 0) is 174 Å². The molecule has 1 aromatic heterocycles. The maximum absolute atomic E-state index is 12.4. The van der Waals surface area contributed by atoms with E-state index in [1.54, 1.807) is 76.2 Å². The van der Waals surface area contributed by atoms with Gasteiger partial charge in [0.05, 0.1) is 29.3 Å². The predicted octanol–water partition coefficient (Wildman–Crippen LogP) is 13.3. The Balaban J connectivity index is 0.000000247. The number of halogens is 1. The number of aliphatic carboxylic acids is 1. The standard InChI is InChI=1S/C36H39NO3S.C20H21ClO4/c1-25-11-13-28-14-17-30(37-32(28)21-25)16-12-26-7-6-9-29(22-26)33(41-24-36(19-20-36)23-34(38)39)18-15-27-8-4-5-10-31(27)35(2,3)40;1-13(2)24-19(23)20(3,4)25-17-11-7-15(8-12-17)18(22)14-5-9-16(21)10-6-14/h4-14,16-17,21-22,33,40H,15,18-20,23-24H2,1-3H3,(H,38,39);5-13H,1-4H3/b16-12+;/t33-;/m1./s1. The molecule has 0 unspecified atom stereocenters. The average Bonchev–Trinajstić information content (AvgIpc) is 4.04. The summed E-state index contributed by atoms with van der Waals surface area (Å²) in [7, 11) is 0. The van der Waals surface area contributed by atoms with Crippen LogP contribution in [0.2, 0.25) is 5.02 Å². The van der Waals surface area contributed by atoms with Crippen molar-refractivity contribution in [1.29, 1.82) is 0 Å². The zero-order valence-corrected chi connectivity index (χ0v) is 40.4. The molecule has 8 nitrogen and oxygen atoms in total. The Morgan fingerprint density at radius 3 is 2.15 bits per heavy atom. The lowest BCUT2D eigenvalue weighted by Gasteiger charge is -2.25. The second-order valence-electron chi connectivity index (χ2n) is 18.5. The Labute approximate surface area is 398 Å². The van der Waals surface area contributed by atoms with E-state index in [4.69, 9.17) is 26.1 Å². The zero-order valence-electron chi connectivity index (χ0n) is 38.8. The number of aryl methyl sites for hydroxylation is 2. The molecule has 344 valence electrons. The molecule has 0 bridgehead atoms. The molecular formula is C56H60ClNO7S. The summed E-state index contributed by atoms with van der Waals surface area (Å²) >= 11 is 7.72. The summed E-state index contributed by atoms with van der Waals surface area (Å²) in [5.41, 5.74) is 6.58. The molecular weight excluding hydrogens is 866 g/mol. The zero-order chi connectivity index (χ0) is 47.6. The number of benzene rings is 5. The summed E-state index contributed by atoms with van der Waals surface area (Å²) in [5.74, 6) is 0.0738. The number of carboxylic acid groups (broad SMARTS) is 1. The molecule has 1 atom stereocenters. The van der Waals surface area contributed by atoms with Crippen LogP contribution in [0.25, 0.3) is 23.1 Å². The van der Waals surface area contributed by atoms with E-state index >= 15 is 0 Å². The summed E-state index contributed by atoms with van der Waals surface area (Å²) in [6, 6.07) is 40.6. The van der Waals surface area contributed by atoms with Gasteiger partial charge in [-0.3, -0.25) is 9.59 Å². The first kappa shape index (κ1) is 49.7. The molecule has 2 N–H and O–H groups in total. The number of rotatable bonds is 18. The molecule has 0 saturated heterocycles. The van der Waals surface area contributed by atoms with E-state index in [0.717, 1.165) is 64.7 Å². The van der Waals surface area contributed by atoms with Crippen molar-refractivity contribution in [2.75, 3.05) is 5.75 Å². The molecule has 7 rings (SSSR count). The first-order chi connectivity index (χ1) is 31.3. The molecule has 0 radical (unpaired) electrons. The Morgan fingerprint density at radius 1 is 0.833 bits per heavy atom. The van der Waals surface area contributed by atoms with E-state index in [1.807, 2.05) is 49.9 Å². The van der Waals surface area contributed by atoms with Crippen LogP contribution in [0.4, 0.5) is 0 Å². The quantitative estimate of drug-likeness (QED) is 0.0640. The summed E-state index contributed by atoms with van der Waals surface area (Å²) in [4.78, 5) is 40.8. The minimum absolute atomic E-state index is 0.0721. The topological polar surface area (TPSA) is 123 Å². The number of esters is 1. The third-order valence-corrected chi connectivity index (χ3v) is 13.4. The fourth-order valence-electron chi connectivity index (χ4n) is 7.63. The van der Waals surface area contributed by atoms with E-state index in [9.17, 15) is 24.6 Å². The van der Waals surface area contributed by atoms with Crippen LogP contribution < -0.4 is 4.74 Å². The van der Waals surface area contributed by atoms with Crippen molar-refractivity contribution in [3.05, 3.63) is 177 Å². The Hall–Kier alpha value is -5.74. The number of hydrogen-bond acceptors (Lipinski definition) is 8. The third kappa shape index (κ3) is 14.1. The number of hydrogen-bond donors (Lipinski definition) is 2. The Kier molecular flexibility index (Phi) is 16.3. The molecule has 6 aromatic rings. The number of fused-ring (bicyclic) bond motifs is 1. The van der Waals surface area contributed by atoms with Crippen molar-refractivity contribution >= 4 is 64.1 Å². The summed E-state index contributed by atoms with van der Waals surface area (Å²) < 4.78 is 10.9. The van der Waals surface area contributed by atoms with Crippen LogP contribution >= 0.6 is 23.4 Å². The summed E-state index contributed by atoms with van der Waals surface area (Å²) in [6.07, 6.45) is 7.93. The number of aromatic nitrogens is 1. The second kappa shape index (κ2) is 21.7. The molecule has 1 heterocycles. The lowest BCUT2D eigenvalue weighted by atomic mass is 9.90. The number of nitrogens with zero attached hydrogens (tertiary/aromatic N) is 1. The van der Waals surface area contributed by atoms with Crippen LogP contribution in [0.1, 0.15) is 122 Å². The van der Waals surface area contributed by atoms with Gasteiger partial charge in [0.25, 0.3) is 0 Å². The van der Waals surface area contributed by atoms with Gasteiger partial charge in [0.2, 0.25) is 0 Å². The van der Waals surface area contributed by atoms with E-state index in [-0.39, 0.29) is 29.0 Å². The third-order valence-electron chi connectivity index (χ3n) is 11.5. The summed E-state index contributed by atoms with van der Waals surface area (Å²) in [6.45, 7) is 12.6. The Bertz CT molecular complexity index is 2660. The highest BCUT2D eigenvalue weighted by Crippen LogP contribution is 2.53. The van der Waals surface area contributed by atoms with E-state index in [1.165, 1.54) is 11.1 Å². The lowest BCUT2D eigenvalue weighted by Crippen LogP contribution is -2.40. The number of carboxylic acids is 1. The first-order valence-electron chi connectivity index (χ1n) is 22.4. The van der Waals surface area contributed by atoms with E-state index < -0.39 is 23.1 Å². The van der Waals surface area contributed by atoms with E-state index in [2.05, 4.69) is 73.7 Å². The summed E-state index contributed by atoms with van der Waals surface area (Å²) in [5, 5.41) is 22.1. The fraction of sp³-hybridized carbons (Fsp3) is 0.321. The van der Waals surface area contributed by atoms with Crippen LogP contribution in [0.3, 0.4) is 0 Å². The Morgan fingerprint density at radius 2 is 1.50 bits per heavy atom. The molecule has 5 aromatic carbocycles. The molecule has 0 aliphatic heterocycles. The van der Waals surface area contributed by atoms with Crippen molar-refractivity contribution in [3.8, 4) is 5.75 Å². The highest BCUT2D eigenvalue weighted by Gasteiger charge is 2.44. The molecule has 1 saturated carbocycles. The van der Waals surface area contributed by atoms with Gasteiger partial charge in [-0.15, -0.1) is 0 Å². The molecule has 10 heteroatoms. The molecule has 0 amide bonds. The van der Waals surface area contributed by atoms with Crippen molar-refractivity contribution in [1.82, 2.24) is 4.98 Å². The minimum atomic E-state index is -1.12. The smallest absolute Gasteiger partial charge is 0.350 e. The minimum Gasteiger partial charge on any atom is -0.481 e. The highest BCUT2D eigenvalue weighted by molar-refractivity contribution is 7.99. The van der Waals surface area contributed by atoms with Crippen LogP contribution in [0.5, 0.6) is 5.75 Å². The number of thioether (sulfide) groups is 1. The molecule has 1 aliphatic carbocycles. The SMILES string of the molecule is CC(C)OC(=O)C(C)(C)Oc1ccc(C(=O)c2ccc(Cl)cc2)cc1.Cc1ccc2ccc(/C=C/c3cccc([C@@H](CCc4ccccc4C(C)(C)O)SCC4(CC(=O)O)CC4)c3)nc2c1. The molecule has 1 fully saturated rings. The van der Waals surface area contributed by atoms with Gasteiger partial charge in [-0.2, -0.15) is 11.8 Å². The monoisotopic (exact) mass is 925 g/mol. The number of aliphatic hydroxyl groups is 1. The van der Waals surface area contributed by atoms with E-state index in [0.29, 0.717) is 21.9 Å². The van der Waals surface area contributed by atoms with Gasteiger partial charge in [-0.1, -0.05) is 84.4 Å². The maximum atomic E-state index is 12.4. The van der Waals surface area contributed by atoms with Gasteiger partial charge in [0.1, 0.15) is 5.75 Å². The second-order valence-corrected chi connectivity index (χ2v) is 20.1. The van der Waals surface area contributed by atoms with Crippen LogP contribution in [-0.4, -0.2) is 50.4 Å². The van der Waals surface area contributed by atoms with Crippen molar-refractivity contribution in [2.24, 2.45) is 5.41 Å². The number of pyridine rings is 1. The highest BCUT2D eigenvalue weighted by atomic mass is 35.5. The van der Waals surface area contributed by atoms with Crippen molar-refractivity contribution in [3.63, 3.8) is 0 Å². The van der Waals surface area contributed by atoms with Gasteiger partial charge in [0, 0.05) is 32.5 Å². The van der Waals surface area contributed by atoms with Gasteiger partial charge < -0.3 is 19.7 Å². The lowest BCUT2D eigenvalue weighted by molar-refractivity contribution is -0.163. The largest absolute Gasteiger partial charge is 0.481 e. The number of ketones is 1. The molecule has 1 aliphatic rings. The number of ether oxygens (including phenoxy) is 2. The van der Waals surface area contributed by atoms with Crippen LogP contribution in [0.15, 0.2) is 127 Å². The fourth-order valence-corrected chi connectivity index (χ4v) is 9.33. The van der Waals surface area contributed by atoms with Gasteiger partial charge in [-0.25, -0.2) is 9.78 Å². The first-order valence-corrected chi connectivity index (χ1v) is 23.8. The molecule has 66 heavy (non-hydrogen) atoms. The van der Waals surface area contributed by atoms with Crippen LogP contribution in [0, 0.1) is 12.3 Å². The van der Waals surface area contributed by atoms with Crippen molar-refractivity contribution < 1.29 is 34.1 Å². The normalized spacial score (nSPS) is 13.8. The number of carbonyl (C=O) groups excluding carboxylic acids is 2. The maximum Gasteiger partial charge on any atom is 0.350 e.